The molecule has 0 aromatic carbocycles. The molecular weight excluding hydrogens is 126 g/mol. The largest absolute Gasteiger partial charge is 0.296 e. The van der Waals surface area contributed by atoms with Crippen molar-refractivity contribution in [3.63, 3.8) is 0 Å². The third-order valence-corrected chi connectivity index (χ3v) is 1.53. The van der Waals surface area contributed by atoms with Crippen molar-refractivity contribution in [2.24, 2.45) is 0 Å². The van der Waals surface area contributed by atoms with Gasteiger partial charge in [0.15, 0.2) is 12.0 Å². The summed E-state index contributed by atoms with van der Waals surface area (Å²) in [7, 11) is 0. The number of carbonyl (C=O) groups is 1. The number of Topliss-reactive ketones (excluding diaryl/α,β-unsaturated/α-hetero) is 1. The van der Waals surface area contributed by atoms with Crippen LogP contribution >= 0.6 is 0 Å². The maximum atomic E-state index is 12.2. The molecule has 0 heterocycles. The van der Waals surface area contributed by atoms with E-state index in [4.69, 9.17) is 0 Å². The number of hydrogen-bond donors (Lipinski definition) is 0. The second-order valence-electron chi connectivity index (χ2n) is 2.28. The second-order valence-corrected chi connectivity index (χ2v) is 2.28. The van der Waals surface area contributed by atoms with E-state index >= 15 is 0 Å². The lowest BCUT2D eigenvalue weighted by molar-refractivity contribution is -0.128. The molecule has 1 saturated carbocycles. The minimum Gasteiger partial charge on any atom is -0.296 e. The molecule has 0 N–H and O–H groups in total. The number of rotatable bonds is 0. The number of carbonyl (C=O) groups excluding carboxylic acids is 1. The highest BCUT2D eigenvalue weighted by atomic mass is 19.2. The Morgan fingerprint density at radius 3 is 2.56 bits per heavy atom. The molecule has 0 aromatic heterocycles. The van der Waals surface area contributed by atoms with E-state index < -0.39 is 18.1 Å². The van der Waals surface area contributed by atoms with Crippen LogP contribution in [0.15, 0.2) is 0 Å². The normalized spacial score (nSPS) is 36.9. The van der Waals surface area contributed by atoms with E-state index in [1.165, 1.54) is 0 Å². The Hall–Kier alpha value is -0.470. The highest BCUT2D eigenvalue weighted by Gasteiger charge is 2.31. The first-order chi connectivity index (χ1) is 4.22. The van der Waals surface area contributed by atoms with E-state index in [1.807, 2.05) is 0 Å². The summed E-state index contributed by atoms with van der Waals surface area (Å²) in [6.07, 6.45) is -2.46. The van der Waals surface area contributed by atoms with Crippen LogP contribution in [-0.4, -0.2) is 18.1 Å². The van der Waals surface area contributed by atoms with Crippen molar-refractivity contribution in [3.05, 3.63) is 0 Å². The lowest BCUT2D eigenvalue weighted by Crippen LogP contribution is -2.31. The van der Waals surface area contributed by atoms with Gasteiger partial charge < -0.3 is 0 Å². The quantitative estimate of drug-likeness (QED) is 0.489. The van der Waals surface area contributed by atoms with Crippen molar-refractivity contribution in [1.29, 1.82) is 0 Å². The molecule has 2 unspecified atom stereocenters. The summed E-state index contributed by atoms with van der Waals surface area (Å²) in [5.41, 5.74) is 0. The Balaban J connectivity index is 2.51. The summed E-state index contributed by atoms with van der Waals surface area (Å²) < 4.78 is 24.5. The molecule has 1 rings (SSSR count). The molecule has 0 amide bonds. The molecule has 0 saturated heterocycles. The molecule has 0 aromatic rings. The van der Waals surface area contributed by atoms with Gasteiger partial charge in [-0.3, -0.25) is 4.79 Å². The molecule has 9 heavy (non-hydrogen) atoms. The molecular formula is C6H8F2O. The fraction of sp³-hybridized carbons (Fsp3) is 0.833. The second kappa shape index (κ2) is 2.42. The summed E-state index contributed by atoms with van der Waals surface area (Å²) in [4.78, 5) is 10.4. The lowest BCUT2D eigenvalue weighted by Gasteiger charge is -2.16. The van der Waals surface area contributed by atoms with Gasteiger partial charge in [0.1, 0.15) is 6.17 Å². The molecule has 0 radical (unpaired) electrons. The van der Waals surface area contributed by atoms with E-state index in [0.29, 0.717) is 6.42 Å². The predicted octanol–water partition coefficient (Wildman–Crippen LogP) is 1.42. The van der Waals surface area contributed by atoms with Gasteiger partial charge in [-0.25, -0.2) is 8.78 Å². The zero-order valence-electron chi connectivity index (χ0n) is 4.94. The maximum Gasteiger partial charge on any atom is 0.189 e. The first-order valence-electron chi connectivity index (χ1n) is 3.02. The summed E-state index contributed by atoms with van der Waals surface area (Å²) in [5, 5.41) is 0. The van der Waals surface area contributed by atoms with Gasteiger partial charge in [0.2, 0.25) is 0 Å². The molecule has 2 atom stereocenters. The molecule has 1 aliphatic carbocycles. The van der Waals surface area contributed by atoms with Crippen molar-refractivity contribution in [1.82, 2.24) is 0 Å². The van der Waals surface area contributed by atoms with Crippen molar-refractivity contribution < 1.29 is 13.6 Å². The van der Waals surface area contributed by atoms with E-state index in [1.54, 1.807) is 0 Å². The van der Waals surface area contributed by atoms with Gasteiger partial charge in [-0.15, -0.1) is 0 Å². The third kappa shape index (κ3) is 1.26. The zero-order chi connectivity index (χ0) is 6.85. The van der Waals surface area contributed by atoms with Gasteiger partial charge in [0.05, 0.1) is 0 Å². The van der Waals surface area contributed by atoms with Crippen LogP contribution in [0.2, 0.25) is 0 Å². The zero-order valence-corrected chi connectivity index (χ0v) is 4.94. The van der Waals surface area contributed by atoms with Crippen LogP contribution in [0.3, 0.4) is 0 Å². The minimum absolute atomic E-state index is 0.201. The van der Waals surface area contributed by atoms with Gasteiger partial charge in [-0.1, -0.05) is 0 Å². The molecule has 0 bridgehead atoms. The number of ketones is 1. The standard InChI is InChI=1S/C6H8F2O/c7-4-2-1-3-5(9)6(4)8/h4,6H,1-3H2. The van der Waals surface area contributed by atoms with E-state index in [0.717, 1.165) is 0 Å². The summed E-state index contributed by atoms with van der Waals surface area (Å²) in [6.45, 7) is 0. The summed E-state index contributed by atoms with van der Waals surface area (Å²) >= 11 is 0. The van der Waals surface area contributed by atoms with Crippen molar-refractivity contribution in [2.75, 3.05) is 0 Å². The lowest BCUT2D eigenvalue weighted by atomic mass is 9.96. The Bertz CT molecular complexity index is 124. The molecule has 1 fully saturated rings. The highest BCUT2D eigenvalue weighted by molar-refractivity contribution is 5.84. The van der Waals surface area contributed by atoms with E-state index in [2.05, 4.69) is 0 Å². The maximum absolute atomic E-state index is 12.2. The monoisotopic (exact) mass is 134 g/mol. The molecule has 3 heteroatoms. The molecule has 1 nitrogen and oxygen atoms in total. The SMILES string of the molecule is O=C1CCCC(F)C1F. The van der Waals surface area contributed by atoms with Crippen molar-refractivity contribution in [2.45, 2.75) is 31.6 Å². The van der Waals surface area contributed by atoms with Crippen LogP contribution in [0.4, 0.5) is 8.78 Å². The average Bonchev–Trinajstić information content (AvgIpc) is 1.83. The van der Waals surface area contributed by atoms with Crippen LogP contribution in [0, 0.1) is 0 Å². The number of alkyl halides is 2. The first kappa shape index (κ1) is 6.65. The molecule has 0 aliphatic heterocycles. The fourth-order valence-electron chi connectivity index (χ4n) is 0.957. The summed E-state index contributed by atoms with van der Waals surface area (Å²) in [5.74, 6) is -0.575. The van der Waals surface area contributed by atoms with E-state index in [-0.39, 0.29) is 12.8 Å². The Kier molecular flexibility index (Phi) is 1.78. The van der Waals surface area contributed by atoms with Crippen LogP contribution in [0.5, 0.6) is 0 Å². The Morgan fingerprint density at radius 2 is 2.11 bits per heavy atom. The smallest absolute Gasteiger partial charge is 0.189 e. The number of hydrogen-bond acceptors (Lipinski definition) is 1. The molecule has 1 aliphatic rings. The topological polar surface area (TPSA) is 17.1 Å². The van der Waals surface area contributed by atoms with Crippen LogP contribution in [0.25, 0.3) is 0 Å². The molecule has 52 valence electrons. The first-order valence-corrected chi connectivity index (χ1v) is 3.02. The van der Waals surface area contributed by atoms with Crippen LogP contribution < -0.4 is 0 Å². The van der Waals surface area contributed by atoms with Crippen LogP contribution in [-0.2, 0) is 4.79 Å². The Morgan fingerprint density at radius 1 is 1.44 bits per heavy atom. The highest BCUT2D eigenvalue weighted by Crippen LogP contribution is 2.20. The van der Waals surface area contributed by atoms with Crippen LogP contribution in [0.1, 0.15) is 19.3 Å². The Labute approximate surface area is 52.1 Å². The average molecular weight is 134 g/mol. The van der Waals surface area contributed by atoms with Crippen molar-refractivity contribution in [3.8, 4) is 0 Å². The fourth-order valence-corrected chi connectivity index (χ4v) is 0.957. The van der Waals surface area contributed by atoms with Gasteiger partial charge >= 0.3 is 0 Å². The van der Waals surface area contributed by atoms with Gasteiger partial charge in [0.25, 0.3) is 0 Å². The van der Waals surface area contributed by atoms with Gasteiger partial charge in [0, 0.05) is 6.42 Å². The van der Waals surface area contributed by atoms with Gasteiger partial charge in [-0.2, -0.15) is 0 Å². The minimum atomic E-state index is -1.83. The predicted molar refractivity (Wildman–Crippen MR) is 28.6 cm³/mol. The van der Waals surface area contributed by atoms with Crippen molar-refractivity contribution >= 4 is 5.78 Å². The summed E-state index contributed by atoms with van der Waals surface area (Å²) in [6, 6.07) is 0. The van der Waals surface area contributed by atoms with Gasteiger partial charge in [-0.05, 0) is 12.8 Å². The molecule has 0 spiro atoms. The van der Waals surface area contributed by atoms with E-state index in [9.17, 15) is 13.6 Å². The third-order valence-electron chi connectivity index (χ3n) is 1.53. The number of halogens is 2.